The number of carbonyl (C=O) groups is 1. The molecule has 2 N–H and O–H groups in total. The zero-order valence-corrected chi connectivity index (χ0v) is 13.4. The Morgan fingerprint density at radius 1 is 1.09 bits per heavy atom. The van der Waals surface area contributed by atoms with Crippen LogP contribution in [0, 0.1) is 25.5 Å². The standard InChI is InChI=1S/C18H20F2N2O/c1-11-4-5-14(12(2)8-11)10-22-17(18(23)21-3)13-6-7-15(19)16(20)9-13/h4-9,17,22H,10H2,1-3H3,(H,21,23)/t17-/m1/s1. The molecule has 0 saturated heterocycles. The molecular weight excluding hydrogens is 298 g/mol. The van der Waals surface area contributed by atoms with Crippen LogP contribution in [0.5, 0.6) is 0 Å². The molecule has 0 saturated carbocycles. The van der Waals surface area contributed by atoms with Crippen LogP contribution in [0.3, 0.4) is 0 Å². The zero-order chi connectivity index (χ0) is 17.0. The summed E-state index contributed by atoms with van der Waals surface area (Å²) in [4.78, 5) is 12.1. The number of benzene rings is 2. The van der Waals surface area contributed by atoms with Crippen molar-refractivity contribution in [1.82, 2.24) is 10.6 Å². The third-order valence-electron chi connectivity index (χ3n) is 3.78. The van der Waals surface area contributed by atoms with Gasteiger partial charge in [0.25, 0.3) is 0 Å². The second-order valence-corrected chi connectivity index (χ2v) is 5.53. The average Bonchev–Trinajstić information content (AvgIpc) is 2.52. The maximum absolute atomic E-state index is 13.4. The number of aryl methyl sites for hydroxylation is 2. The van der Waals surface area contributed by atoms with Gasteiger partial charge in [-0.05, 0) is 42.7 Å². The number of amides is 1. The molecule has 5 heteroatoms. The summed E-state index contributed by atoms with van der Waals surface area (Å²) in [5.41, 5.74) is 3.70. The van der Waals surface area contributed by atoms with Gasteiger partial charge in [-0.1, -0.05) is 29.8 Å². The van der Waals surface area contributed by atoms with Crippen LogP contribution in [0.2, 0.25) is 0 Å². The SMILES string of the molecule is CNC(=O)[C@H](NCc1ccc(C)cc1C)c1ccc(F)c(F)c1. The van der Waals surface area contributed by atoms with Crippen molar-refractivity contribution in [3.8, 4) is 0 Å². The van der Waals surface area contributed by atoms with Crippen LogP contribution >= 0.6 is 0 Å². The first kappa shape index (κ1) is 17.1. The highest BCUT2D eigenvalue weighted by atomic mass is 19.2. The molecule has 2 aromatic carbocycles. The summed E-state index contributed by atoms with van der Waals surface area (Å²) in [7, 11) is 1.51. The molecule has 0 unspecified atom stereocenters. The van der Waals surface area contributed by atoms with Crippen LogP contribution in [-0.2, 0) is 11.3 Å². The zero-order valence-electron chi connectivity index (χ0n) is 13.4. The molecule has 0 aliphatic carbocycles. The van der Waals surface area contributed by atoms with Gasteiger partial charge in [0.2, 0.25) is 5.91 Å². The molecule has 0 aliphatic rings. The summed E-state index contributed by atoms with van der Waals surface area (Å²) in [6.07, 6.45) is 0. The lowest BCUT2D eigenvalue weighted by atomic mass is 10.0. The van der Waals surface area contributed by atoms with Crippen molar-refractivity contribution in [3.05, 3.63) is 70.3 Å². The lowest BCUT2D eigenvalue weighted by Gasteiger charge is -2.19. The maximum atomic E-state index is 13.4. The minimum Gasteiger partial charge on any atom is -0.358 e. The highest BCUT2D eigenvalue weighted by Crippen LogP contribution is 2.18. The van der Waals surface area contributed by atoms with Crippen LogP contribution < -0.4 is 10.6 Å². The number of hydrogen-bond acceptors (Lipinski definition) is 2. The van der Waals surface area contributed by atoms with Gasteiger partial charge in [0.1, 0.15) is 6.04 Å². The first-order valence-corrected chi connectivity index (χ1v) is 7.38. The summed E-state index contributed by atoms with van der Waals surface area (Å²) in [6.45, 7) is 4.46. The molecule has 1 amide bonds. The lowest BCUT2D eigenvalue weighted by Crippen LogP contribution is -2.35. The average molecular weight is 318 g/mol. The minimum absolute atomic E-state index is 0.305. The molecule has 1 atom stereocenters. The number of nitrogens with one attached hydrogen (secondary N) is 2. The van der Waals surface area contributed by atoms with E-state index in [9.17, 15) is 13.6 Å². The number of carbonyl (C=O) groups excluding carboxylic acids is 1. The molecule has 0 aromatic heterocycles. The molecule has 0 bridgehead atoms. The van der Waals surface area contributed by atoms with E-state index >= 15 is 0 Å². The van der Waals surface area contributed by atoms with Gasteiger partial charge in [0.15, 0.2) is 11.6 Å². The fourth-order valence-electron chi connectivity index (χ4n) is 2.45. The van der Waals surface area contributed by atoms with Crippen molar-refractivity contribution in [2.24, 2.45) is 0 Å². The summed E-state index contributed by atoms with van der Waals surface area (Å²) in [6, 6.07) is 8.77. The van der Waals surface area contributed by atoms with Gasteiger partial charge in [-0.15, -0.1) is 0 Å². The van der Waals surface area contributed by atoms with Gasteiger partial charge < -0.3 is 5.32 Å². The van der Waals surface area contributed by atoms with E-state index in [4.69, 9.17) is 0 Å². The van der Waals surface area contributed by atoms with Gasteiger partial charge in [-0.25, -0.2) is 8.78 Å². The summed E-state index contributed by atoms with van der Waals surface area (Å²) in [5, 5.41) is 5.65. The highest BCUT2D eigenvalue weighted by molar-refractivity contribution is 5.82. The normalized spacial score (nSPS) is 12.0. The lowest BCUT2D eigenvalue weighted by molar-refractivity contribution is -0.122. The van der Waals surface area contributed by atoms with E-state index < -0.39 is 17.7 Å². The monoisotopic (exact) mass is 318 g/mol. The van der Waals surface area contributed by atoms with Crippen molar-refractivity contribution >= 4 is 5.91 Å². The predicted octanol–water partition coefficient (Wildman–Crippen LogP) is 3.16. The van der Waals surface area contributed by atoms with E-state index in [2.05, 4.69) is 16.7 Å². The van der Waals surface area contributed by atoms with E-state index in [0.29, 0.717) is 12.1 Å². The van der Waals surface area contributed by atoms with Crippen LogP contribution in [0.1, 0.15) is 28.3 Å². The second-order valence-electron chi connectivity index (χ2n) is 5.53. The smallest absolute Gasteiger partial charge is 0.241 e. The Hall–Kier alpha value is -2.27. The third kappa shape index (κ3) is 4.13. The van der Waals surface area contributed by atoms with Crippen LogP contribution in [-0.4, -0.2) is 13.0 Å². The van der Waals surface area contributed by atoms with Crippen molar-refractivity contribution in [1.29, 1.82) is 0 Å². The predicted molar refractivity (Wildman–Crippen MR) is 85.9 cm³/mol. The van der Waals surface area contributed by atoms with E-state index in [-0.39, 0.29) is 5.91 Å². The minimum atomic E-state index is -0.968. The highest BCUT2D eigenvalue weighted by Gasteiger charge is 2.20. The Balaban J connectivity index is 2.22. The molecule has 122 valence electrons. The molecule has 23 heavy (non-hydrogen) atoms. The topological polar surface area (TPSA) is 41.1 Å². The number of rotatable bonds is 5. The fourth-order valence-corrected chi connectivity index (χ4v) is 2.45. The molecule has 0 fully saturated rings. The molecule has 0 radical (unpaired) electrons. The Morgan fingerprint density at radius 3 is 2.43 bits per heavy atom. The summed E-state index contributed by atoms with van der Waals surface area (Å²) < 4.78 is 26.5. The summed E-state index contributed by atoms with van der Waals surface area (Å²) >= 11 is 0. The third-order valence-corrected chi connectivity index (χ3v) is 3.78. The molecule has 2 rings (SSSR count). The molecule has 2 aromatic rings. The molecule has 3 nitrogen and oxygen atoms in total. The Kier molecular flexibility index (Phi) is 5.45. The second kappa shape index (κ2) is 7.33. The van der Waals surface area contributed by atoms with Gasteiger partial charge in [0, 0.05) is 13.6 Å². The van der Waals surface area contributed by atoms with Crippen LogP contribution in [0.25, 0.3) is 0 Å². The van der Waals surface area contributed by atoms with Crippen molar-refractivity contribution in [3.63, 3.8) is 0 Å². The van der Waals surface area contributed by atoms with Gasteiger partial charge in [0.05, 0.1) is 0 Å². The van der Waals surface area contributed by atoms with Gasteiger partial charge >= 0.3 is 0 Å². The van der Waals surface area contributed by atoms with Crippen molar-refractivity contribution in [2.45, 2.75) is 26.4 Å². The number of halogens is 2. The molecule has 0 heterocycles. The number of likely N-dealkylation sites (N-methyl/N-ethyl adjacent to an activating group) is 1. The Morgan fingerprint density at radius 2 is 1.83 bits per heavy atom. The van der Waals surface area contributed by atoms with Crippen molar-refractivity contribution in [2.75, 3.05) is 7.05 Å². The van der Waals surface area contributed by atoms with E-state index in [1.165, 1.54) is 13.1 Å². The van der Waals surface area contributed by atoms with E-state index in [0.717, 1.165) is 28.8 Å². The van der Waals surface area contributed by atoms with Gasteiger partial charge in [-0.3, -0.25) is 10.1 Å². The molecular formula is C18H20F2N2O. The van der Waals surface area contributed by atoms with Crippen LogP contribution in [0.4, 0.5) is 8.78 Å². The van der Waals surface area contributed by atoms with E-state index in [1.807, 2.05) is 26.0 Å². The largest absolute Gasteiger partial charge is 0.358 e. The Labute approximate surface area is 134 Å². The summed E-state index contributed by atoms with van der Waals surface area (Å²) in [5.74, 6) is -2.20. The molecule has 0 spiro atoms. The first-order valence-electron chi connectivity index (χ1n) is 7.38. The van der Waals surface area contributed by atoms with Crippen molar-refractivity contribution < 1.29 is 13.6 Å². The maximum Gasteiger partial charge on any atom is 0.241 e. The first-order chi connectivity index (χ1) is 10.9. The quantitative estimate of drug-likeness (QED) is 0.889. The van der Waals surface area contributed by atoms with Gasteiger partial charge in [-0.2, -0.15) is 0 Å². The van der Waals surface area contributed by atoms with Crippen LogP contribution in [0.15, 0.2) is 36.4 Å². The molecule has 0 aliphatic heterocycles. The van der Waals surface area contributed by atoms with E-state index in [1.54, 1.807) is 0 Å². The Bertz CT molecular complexity index is 716. The number of hydrogen-bond donors (Lipinski definition) is 2. The fraction of sp³-hybridized carbons (Fsp3) is 0.278.